The van der Waals surface area contributed by atoms with Crippen LogP contribution < -0.4 is 15.5 Å². The number of nitrogens with one attached hydrogen (secondary N) is 2. The van der Waals surface area contributed by atoms with Crippen molar-refractivity contribution < 1.29 is 14.3 Å². The monoisotopic (exact) mass is 396 g/mol. The first-order valence-electron chi connectivity index (χ1n) is 9.89. The summed E-state index contributed by atoms with van der Waals surface area (Å²) in [6.45, 7) is 6.45. The third-order valence-electron chi connectivity index (χ3n) is 4.87. The Hall–Kier alpha value is -3.06. The van der Waals surface area contributed by atoms with Gasteiger partial charge < -0.3 is 25.2 Å². The van der Waals surface area contributed by atoms with Crippen LogP contribution in [0.1, 0.15) is 17.3 Å². The quantitative estimate of drug-likeness (QED) is 0.701. The van der Waals surface area contributed by atoms with Crippen molar-refractivity contribution in [2.45, 2.75) is 6.92 Å². The van der Waals surface area contributed by atoms with Gasteiger partial charge in [0.2, 0.25) is 5.91 Å². The molecule has 0 aromatic heterocycles. The maximum absolute atomic E-state index is 12.2. The molecule has 0 radical (unpaired) electrons. The summed E-state index contributed by atoms with van der Waals surface area (Å²) in [5.74, 6) is -0.524. The van der Waals surface area contributed by atoms with Gasteiger partial charge in [-0.3, -0.25) is 4.79 Å². The molecule has 0 atom stereocenters. The number of piperazine rings is 1. The Morgan fingerprint density at radius 1 is 0.931 bits per heavy atom. The Morgan fingerprint density at radius 3 is 2.17 bits per heavy atom. The second-order valence-electron chi connectivity index (χ2n) is 7.04. The van der Waals surface area contributed by atoms with E-state index in [1.807, 2.05) is 12.1 Å². The predicted octanol–water partition coefficient (Wildman–Crippen LogP) is 2.67. The van der Waals surface area contributed by atoms with Gasteiger partial charge in [0.15, 0.2) is 0 Å². The molecule has 0 bridgehead atoms. The van der Waals surface area contributed by atoms with E-state index in [4.69, 9.17) is 4.74 Å². The SMILES string of the molecule is CCOC(=O)c1ccc(NC(=O)CNc2ccc(N3CCN(C)CC3)cc2)cc1. The van der Waals surface area contributed by atoms with Crippen LogP contribution in [0.25, 0.3) is 0 Å². The summed E-state index contributed by atoms with van der Waals surface area (Å²) in [4.78, 5) is 28.5. The van der Waals surface area contributed by atoms with Gasteiger partial charge in [-0.25, -0.2) is 4.79 Å². The van der Waals surface area contributed by atoms with Gasteiger partial charge in [0, 0.05) is 43.2 Å². The number of ether oxygens (including phenoxy) is 1. The Morgan fingerprint density at radius 2 is 1.55 bits per heavy atom. The molecule has 1 saturated heterocycles. The number of anilines is 3. The zero-order valence-electron chi connectivity index (χ0n) is 17.0. The number of carbonyl (C=O) groups excluding carboxylic acids is 2. The number of nitrogens with zero attached hydrogens (tertiary/aromatic N) is 2. The van der Waals surface area contributed by atoms with E-state index in [1.54, 1.807) is 31.2 Å². The van der Waals surface area contributed by atoms with Crippen LogP contribution in [-0.2, 0) is 9.53 Å². The normalized spacial score (nSPS) is 14.3. The van der Waals surface area contributed by atoms with Crippen molar-refractivity contribution in [3.8, 4) is 0 Å². The average Bonchev–Trinajstić information content (AvgIpc) is 2.74. The largest absolute Gasteiger partial charge is 0.462 e. The lowest BCUT2D eigenvalue weighted by molar-refractivity contribution is -0.114. The minimum absolute atomic E-state index is 0.156. The van der Waals surface area contributed by atoms with Crippen LogP contribution in [0.5, 0.6) is 0 Å². The maximum atomic E-state index is 12.2. The van der Waals surface area contributed by atoms with Gasteiger partial charge in [-0.2, -0.15) is 0 Å². The summed E-state index contributed by atoms with van der Waals surface area (Å²) in [7, 11) is 2.14. The van der Waals surface area contributed by atoms with E-state index < -0.39 is 0 Å². The molecule has 0 spiro atoms. The fourth-order valence-electron chi connectivity index (χ4n) is 3.15. The highest BCUT2D eigenvalue weighted by Crippen LogP contribution is 2.19. The first-order valence-corrected chi connectivity index (χ1v) is 9.89. The van der Waals surface area contributed by atoms with E-state index in [0.717, 1.165) is 31.9 Å². The third kappa shape index (κ3) is 5.96. The van der Waals surface area contributed by atoms with Crippen molar-refractivity contribution in [3.05, 3.63) is 54.1 Å². The van der Waals surface area contributed by atoms with Crippen molar-refractivity contribution in [2.24, 2.45) is 0 Å². The van der Waals surface area contributed by atoms with Crippen molar-refractivity contribution in [1.29, 1.82) is 0 Å². The number of carbonyl (C=O) groups is 2. The van der Waals surface area contributed by atoms with Crippen molar-refractivity contribution in [3.63, 3.8) is 0 Å². The number of hydrogen-bond acceptors (Lipinski definition) is 6. The summed E-state index contributed by atoms with van der Waals surface area (Å²) in [5, 5.41) is 5.95. The fourth-order valence-corrected chi connectivity index (χ4v) is 3.15. The number of rotatable bonds is 7. The topological polar surface area (TPSA) is 73.9 Å². The van der Waals surface area contributed by atoms with Crippen LogP contribution in [0.2, 0.25) is 0 Å². The number of hydrogen-bond donors (Lipinski definition) is 2. The average molecular weight is 396 g/mol. The molecule has 0 aliphatic carbocycles. The van der Waals surface area contributed by atoms with Gasteiger partial charge in [-0.15, -0.1) is 0 Å². The van der Waals surface area contributed by atoms with Crippen LogP contribution in [0.4, 0.5) is 17.1 Å². The Bertz CT molecular complexity index is 813. The van der Waals surface area contributed by atoms with Gasteiger partial charge in [-0.05, 0) is 62.5 Å². The molecular formula is C22H28N4O3. The lowest BCUT2D eigenvalue weighted by Gasteiger charge is -2.34. The van der Waals surface area contributed by atoms with Gasteiger partial charge >= 0.3 is 5.97 Å². The molecule has 1 fully saturated rings. The van der Waals surface area contributed by atoms with Crippen LogP contribution in [0.3, 0.4) is 0 Å². The summed E-state index contributed by atoms with van der Waals surface area (Å²) >= 11 is 0. The highest BCUT2D eigenvalue weighted by Gasteiger charge is 2.14. The van der Waals surface area contributed by atoms with Gasteiger partial charge in [0.25, 0.3) is 0 Å². The molecule has 0 unspecified atom stereocenters. The van der Waals surface area contributed by atoms with E-state index in [-0.39, 0.29) is 18.4 Å². The van der Waals surface area contributed by atoms with Crippen molar-refractivity contribution in [1.82, 2.24) is 4.90 Å². The molecule has 154 valence electrons. The zero-order chi connectivity index (χ0) is 20.6. The smallest absolute Gasteiger partial charge is 0.338 e. The van der Waals surface area contributed by atoms with E-state index >= 15 is 0 Å². The molecule has 1 amide bonds. The third-order valence-corrected chi connectivity index (χ3v) is 4.87. The molecule has 1 heterocycles. The highest BCUT2D eigenvalue weighted by molar-refractivity contribution is 5.95. The first-order chi connectivity index (χ1) is 14.0. The molecular weight excluding hydrogens is 368 g/mol. The fraction of sp³-hybridized carbons (Fsp3) is 0.364. The van der Waals surface area contributed by atoms with Crippen LogP contribution in [0.15, 0.2) is 48.5 Å². The molecule has 3 rings (SSSR count). The highest BCUT2D eigenvalue weighted by atomic mass is 16.5. The van der Waals surface area contributed by atoms with E-state index in [0.29, 0.717) is 17.9 Å². The molecule has 1 aliphatic heterocycles. The summed E-state index contributed by atoms with van der Waals surface area (Å²) in [5.41, 5.74) is 3.20. The molecule has 1 aliphatic rings. The van der Waals surface area contributed by atoms with E-state index in [2.05, 4.69) is 39.6 Å². The second kappa shape index (κ2) is 9.93. The summed E-state index contributed by atoms with van der Waals surface area (Å²) in [6, 6.07) is 14.8. The number of benzene rings is 2. The first kappa shape index (κ1) is 20.7. The van der Waals surface area contributed by atoms with Crippen LogP contribution >= 0.6 is 0 Å². The van der Waals surface area contributed by atoms with Crippen LogP contribution in [-0.4, -0.2) is 63.2 Å². The van der Waals surface area contributed by atoms with Crippen LogP contribution in [0, 0.1) is 0 Å². The zero-order valence-corrected chi connectivity index (χ0v) is 17.0. The standard InChI is InChI=1S/C22H28N4O3/c1-3-29-22(28)17-4-6-19(7-5-17)24-21(27)16-23-18-8-10-20(11-9-18)26-14-12-25(2)13-15-26/h4-11,23H,3,12-16H2,1-2H3,(H,24,27). The van der Waals surface area contributed by atoms with E-state index in [1.165, 1.54) is 5.69 Å². The minimum atomic E-state index is -0.368. The number of likely N-dealkylation sites (N-methyl/N-ethyl adjacent to an activating group) is 1. The van der Waals surface area contributed by atoms with Gasteiger partial charge in [0.05, 0.1) is 18.7 Å². The van der Waals surface area contributed by atoms with Gasteiger partial charge in [-0.1, -0.05) is 0 Å². The second-order valence-corrected chi connectivity index (χ2v) is 7.04. The lowest BCUT2D eigenvalue weighted by atomic mass is 10.2. The molecule has 29 heavy (non-hydrogen) atoms. The molecule has 2 N–H and O–H groups in total. The maximum Gasteiger partial charge on any atom is 0.338 e. The minimum Gasteiger partial charge on any atom is -0.462 e. The number of amides is 1. The molecule has 0 saturated carbocycles. The Kier molecular flexibility index (Phi) is 7.08. The predicted molar refractivity (Wildman–Crippen MR) is 116 cm³/mol. The Labute approximate surface area is 171 Å². The van der Waals surface area contributed by atoms with E-state index in [9.17, 15) is 9.59 Å². The lowest BCUT2D eigenvalue weighted by Crippen LogP contribution is -2.44. The van der Waals surface area contributed by atoms with Gasteiger partial charge in [0.1, 0.15) is 0 Å². The summed E-state index contributed by atoms with van der Waals surface area (Å²) in [6.07, 6.45) is 0. The van der Waals surface area contributed by atoms with Crippen molar-refractivity contribution in [2.75, 3.05) is 61.9 Å². The molecule has 2 aromatic carbocycles. The molecule has 2 aromatic rings. The summed E-state index contributed by atoms with van der Waals surface area (Å²) < 4.78 is 4.95. The number of esters is 1. The van der Waals surface area contributed by atoms with Crippen molar-refractivity contribution >= 4 is 28.9 Å². The Balaban J connectivity index is 1.46. The molecule has 7 nitrogen and oxygen atoms in total. The molecule has 7 heteroatoms.